The summed E-state index contributed by atoms with van der Waals surface area (Å²) in [5.41, 5.74) is 0.890. The third kappa shape index (κ3) is 2.73. The molecule has 4 heteroatoms. The first kappa shape index (κ1) is 11.0. The first-order valence-corrected chi connectivity index (χ1v) is 5.60. The highest BCUT2D eigenvalue weighted by Gasteiger charge is 2.01. The molecule has 0 spiro atoms. The predicted octanol–water partition coefficient (Wildman–Crippen LogP) is 2.72. The van der Waals surface area contributed by atoms with Crippen LogP contribution in [-0.2, 0) is 6.61 Å². The molecule has 1 N–H and O–H groups in total. The molecule has 16 heavy (non-hydrogen) atoms. The van der Waals surface area contributed by atoms with Crippen molar-refractivity contribution < 1.29 is 4.74 Å². The third-order valence-electron chi connectivity index (χ3n) is 2.08. The number of halogens is 1. The van der Waals surface area contributed by atoms with E-state index in [1.165, 1.54) is 6.07 Å². The zero-order chi connectivity index (χ0) is 11.4. The van der Waals surface area contributed by atoms with Gasteiger partial charge in [0.1, 0.15) is 12.4 Å². The van der Waals surface area contributed by atoms with Gasteiger partial charge < -0.3 is 9.72 Å². The molecule has 0 radical (unpaired) electrons. The van der Waals surface area contributed by atoms with Crippen molar-refractivity contribution >= 4 is 15.9 Å². The summed E-state index contributed by atoms with van der Waals surface area (Å²) in [7, 11) is 0. The van der Waals surface area contributed by atoms with Gasteiger partial charge in [-0.25, -0.2) is 0 Å². The van der Waals surface area contributed by atoms with Crippen molar-refractivity contribution in [3.8, 4) is 5.75 Å². The number of aromatic amines is 1. The summed E-state index contributed by atoms with van der Waals surface area (Å²) in [6.07, 6.45) is 1.57. The molecule has 0 saturated carbocycles. The first-order valence-electron chi connectivity index (χ1n) is 4.80. The molecule has 0 aliphatic carbocycles. The molecule has 1 aromatic carbocycles. The van der Waals surface area contributed by atoms with Crippen molar-refractivity contribution in [3.05, 3.63) is 63.0 Å². The second kappa shape index (κ2) is 4.99. The topological polar surface area (TPSA) is 42.1 Å². The van der Waals surface area contributed by atoms with Crippen molar-refractivity contribution in [2.45, 2.75) is 6.61 Å². The lowest BCUT2D eigenvalue weighted by molar-refractivity contribution is 0.303. The molecule has 0 unspecified atom stereocenters. The molecule has 2 rings (SSSR count). The molecular formula is C12H10BrNO2. The minimum absolute atomic E-state index is 0.175. The van der Waals surface area contributed by atoms with Crippen molar-refractivity contribution in [2.24, 2.45) is 0 Å². The van der Waals surface area contributed by atoms with Crippen LogP contribution in [-0.4, -0.2) is 4.98 Å². The summed E-state index contributed by atoms with van der Waals surface area (Å²) < 4.78 is 6.28. The van der Waals surface area contributed by atoms with Crippen LogP contribution in [0.15, 0.2) is 51.9 Å². The standard InChI is InChI=1S/C12H10BrNO2/c13-10-7-14-12(15)6-11(10)16-8-9-4-2-1-3-5-9/h1-7H,8H2,(H,14,15). The van der Waals surface area contributed by atoms with E-state index in [1.807, 2.05) is 30.3 Å². The van der Waals surface area contributed by atoms with E-state index in [1.54, 1.807) is 6.20 Å². The highest BCUT2D eigenvalue weighted by molar-refractivity contribution is 9.10. The fourth-order valence-electron chi connectivity index (χ4n) is 1.28. The number of pyridine rings is 1. The summed E-state index contributed by atoms with van der Waals surface area (Å²) in [6.45, 7) is 0.447. The van der Waals surface area contributed by atoms with Gasteiger partial charge in [-0.3, -0.25) is 4.79 Å². The average molecular weight is 280 g/mol. The Hall–Kier alpha value is -1.55. The third-order valence-corrected chi connectivity index (χ3v) is 2.70. The van der Waals surface area contributed by atoms with E-state index in [2.05, 4.69) is 20.9 Å². The fraction of sp³-hybridized carbons (Fsp3) is 0.0833. The molecule has 0 saturated heterocycles. The smallest absolute Gasteiger partial charge is 0.251 e. The molecule has 82 valence electrons. The lowest BCUT2D eigenvalue weighted by atomic mass is 10.2. The SMILES string of the molecule is O=c1cc(OCc2ccccc2)c(Br)c[nH]1. The quantitative estimate of drug-likeness (QED) is 0.939. The molecule has 1 aromatic heterocycles. The molecule has 0 amide bonds. The van der Waals surface area contributed by atoms with Crippen molar-refractivity contribution in [1.82, 2.24) is 4.98 Å². The molecule has 0 aliphatic rings. The highest BCUT2D eigenvalue weighted by atomic mass is 79.9. The second-order valence-electron chi connectivity index (χ2n) is 3.28. The van der Waals surface area contributed by atoms with Crippen LogP contribution in [0.3, 0.4) is 0 Å². The minimum Gasteiger partial charge on any atom is -0.487 e. The Morgan fingerprint density at radius 2 is 2.00 bits per heavy atom. The van der Waals surface area contributed by atoms with Gasteiger partial charge in [0.25, 0.3) is 5.56 Å². The zero-order valence-corrected chi connectivity index (χ0v) is 10.0. The maximum Gasteiger partial charge on any atom is 0.251 e. The van der Waals surface area contributed by atoms with Crippen LogP contribution in [0.5, 0.6) is 5.75 Å². The van der Waals surface area contributed by atoms with Gasteiger partial charge in [-0.15, -0.1) is 0 Å². The number of nitrogens with one attached hydrogen (secondary N) is 1. The van der Waals surface area contributed by atoms with Crippen LogP contribution in [0.4, 0.5) is 0 Å². The van der Waals surface area contributed by atoms with Gasteiger partial charge in [0.05, 0.1) is 4.47 Å². The molecule has 1 heterocycles. The fourth-order valence-corrected chi connectivity index (χ4v) is 1.62. The van der Waals surface area contributed by atoms with E-state index in [4.69, 9.17) is 4.74 Å². The summed E-state index contributed by atoms with van der Waals surface area (Å²) in [5, 5.41) is 0. The summed E-state index contributed by atoms with van der Waals surface area (Å²) >= 11 is 3.31. The molecule has 0 atom stereocenters. The van der Waals surface area contributed by atoms with Gasteiger partial charge in [0.15, 0.2) is 0 Å². The van der Waals surface area contributed by atoms with Gasteiger partial charge in [0.2, 0.25) is 0 Å². The summed E-state index contributed by atoms with van der Waals surface area (Å²) in [6, 6.07) is 11.2. The predicted molar refractivity (Wildman–Crippen MR) is 65.5 cm³/mol. The Labute approximate surface area is 101 Å². The molecule has 2 aromatic rings. The second-order valence-corrected chi connectivity index (χ2v) is 4.14. The van der Waals surface area contributed by atoms with Crippen LogP contribution in [0, 0.1) is 0 Å². The Morgan fingerprint density at radius 3 is 2.75 bits per heavy atom. The van der Waals surface area contributed by atoms with Gasteiger partial charge in [-0.1, -0.05) is 30.3 Å². The summed E-state index contributed by atoms with van der Waals surface area (Å²) in [5.74, 6) is 0.549. The first-order chi connectivity index (χ1) is 7.75. The van der Waals surface area contributed by atoms with Gasteiger partial charge in [0, 0.05) is 12.3 Å². The monoisotopic (exact) mass is 279 g/mol. The minimum atomic E-state index is -0.175. The van der Waals surface area contributed by atoms with E-state index in [0.717, 1.165) is 10.0 Å². The summed E-state index contributed by atoms with van der Waals surface area (Å²) in [4.78, 5) is 13.7. The largest absolute Gasteiger partial charge is 0.487 e. The Balaban J connectivity index is 2.10. The lowest BCUT2D eigenvalue weighted by Crippen LogP contribution is -2.05. The van der Waals surface area contributed by atoms with Crippen LogP contribution in [0.2, 0.25) is 0 Å². The number of benzene rings is 1. The number of hydrogen-bond acceptors (Lipinski definition) is 2. The maximum atomic E-state index is 11.1. The van der Waals surface area contributed by atoms with Crippen molar-refractivity contribution in [3.63, 3.8) is 0 Å². The molecule has 0 bridgehead atoms. The number of H-pyrrole nitrogens is 1. The van der Waals surface area contributed by atoms with Crippen LogP contribution < -0.4 is 10.3 Å². The van der Waals surface area contributed by atoms with Crippen LogP contribution >= 0.6 is 15.9 Å². The van der Waals surface area contributed by atoms with Crippen LogP contribution in [0.1, 0.15) is 5.56 Å². The normalized spacial score (nSPS) is 10.1. The number of aromatic nitrogens is 1. The van der Waals surface area contributed by atoms with E-state index in [-0.39, 0.29) is 5.56 Å². The van der Waals surface area contributed by atoms with E-state index < -0.39 is 0 Å². The van der Waals surface area contributed by atoms with E-state index in [9.17, 15) is 4.79 Å². The zero-order valence-electron chi connectivity index (χ0n) is 8.44. The molecular weight excluding hydrogens is 270 g/mol. The molecule has 0 fully saturated rings. The van der Waals surface area contributed by atoms with Crippen LogP contribution in [0.25, 0.3) is 0 Å². The lowest BCUT2D eigenvalue weighted by Gasteiger charge is -2.07. The van der Waals surface area contributed by atoms with E-state index in [0.29, 0.717) is 12.4 Å². The average Bonchev–Trinajstić information content (AvgIpc) is 2.32. The van der Waals surface area contributed by atoms with Gasteiger partial charge >= 0.3 is 0 Å². The molecule has 3 nitrogen and oxygen atoms in total. The van der Waals surface area contributed by atoms with E-state index >= 15 is 0 Å². The van der Waals surface area contributed by atoms with Gasteiger partial charge in [-0.05, 0) is 21.5 Å². The number of rotatable bonds is 3. The van der Waals surface area contributed by atoms with Gasteiger partial charge in [-0.2, -0.15) is 0 Å². The number of hydrogen-bond donors (Lipinski definition) is 1. The number of ether oxygens (including phenoxy) is 1. The Morgan fingerprint density at radius 1 is 1.25 bits per heavy atom. The van der Waals surface area contributed by atoms with Crippen molar-refractivity contribution in [1.29, 1.82) is 0 Å². The highest BCUT2D eigenvalue weighted by Crippen LogP contribution is 2.22. The Bertz CT molecular complexity index is 522. The van der Waals surface area contributed by atoms with Crippen molar-refractivity contribution in [2.75, 3.05) is 0 Å². The molecule has 0 aliphatic heterocycles. The Kier molecular flexibility index (Phi) is 3.41. The maximum absolute atomic E-state index is 11.1.